The second-order valence-electron chi connectivity index (χ2n) is 7.01. The summed E-state index contributed by atoms with van der Waals surface area (Å²) in [6.45, 7) is 2.16. The van der Waals surface area contributed by atoms with Crippen LogP contribution in [0.5, 0.6) is 0 Å². The minimum absolute atomic E-state index is 0.180. The maximum atomic E-state index is 12.4. The first-order chi connectivity index (χ1) is 10.2. The van der Waals surface area contributed by atoms with Gasteiger partial charge in [-0.05, 0) is 66.7 Å². The van der Waals surface area contributed by atoms with Gasteiger partial charge in [-0.3, -0.25) is 9.59 Å². The zero-order valence-electron chi connectivity index (χ0n) is 12.7. The molecule has 2 nitrogen and oxygen atoms in total. The lowest BCUT2D eigenvalue weighted by molar-refractivity contribution is -0.125. The second-order valence-corrected chi connectivity index (χ2v) is 7.01. The first-order valence-electron chi connectivity index (χ1n) is 8.35. The number of ketones is 2. The van der Waals surface area contributed by atoms with Gasteiger partial charge in [-0.2, -0.15) is 0 Å². The minimum Gasteiger partial charge on any atom is -0.299 e. The molecule has 0 aromatic carbocycles. The van der Waals surface area contributed by atoms with Gasteiger partial charge >= 0.3 is 0 Å². The van der Waals surface area contributed by atoms with Crippen LogP contribution in [0.1, 0.15) is 51.9 Å². The number of allylic oxidation sites excluding steroid dienone is 6. The molecule has 0 aromatic rings. The Morgan fingerprint density at radius 3 is 2.81 bits per heavy atom. The molecule has 21 heavy (non-hydrogen) atoms. The Labute approximate surface area is 126 Å². The minimum atomic E-state index is -0.180. The molecule has 3 atom stereocenters. The van der Waals surface area contributed by atoms with E-state index in [2.05, 4.69) is 19.1 Å². The van der Waals surface area contributed by atoms with Crippen molar-refractivity contribution in [2.45, 2.75) is 51.9 Å². The lowest BCUT2D eigenvalue weighted by atomic mass is 9.59. The lowest BCUT2D eigenvalue weighted by Crippen LogP contribution is -2.39. The normalized spacial score (nSPS) is 38.0. The molecule has 0 aromatic heterocycles. The Balaban J connectivity index is 1.84. The largest absolute Gasteiger partial charge is 0.299 e. The molecule has 0 bridgehead atoms. The Morgan fingerprint density at radius 2 is 2.00 bits per heavy atom. The predicted octanol–water partition coefficient (Wildman–Crippen LogP) is 3.93. The maximum absolute atomic E-state index is 12.4. The SMILES string of the molecule is CC[C@]12C=CC3=C4CCC(=O)C=C4CC[C@H]3[C@@H]1CCC2=O. The second kappa shape index (κ2) is 4.53. The molecule has 4 aliphatic rings. The Morgan fingerprint density at radius 1 is 1.14 bits per heavy atom. The van der Waals surface area contributed by atoms with Crippen LogP contribution >= 0.6 is 0 Å². The van der Waals surface area contributed by atoms with Crippen LogP contribution in [0.15, 0.2) is 34.9 Å². The van der Waals surface area contributed by atoms with Gasteiger partial charge in [0.15, 0.2) is 5.78 Å². The summed E-state index contributed by atoms with van der Waals surface area (Å²) in [5.41, 5.74) is 3.96. The summed E-state index contributed by atoms with van der Waals surface area (Å²) in [5.74, 6) is 1.78. The lowest BCUT2D eigenvalue weighted by Gasteiger charge is -2.44. The molecule has 0 amide bonds. The Bertz CT molecular complexity index is 619. The summed E-state index contributed by atoms with van der Waals surface area (Å²) in [4.78, 5) is 24.1. The third-order valence-corrected chi connectivity index (χ3v) is 6.31. The average Bonchev–Trinajstić information content (AvgIpc) is 2.84. The Hall–Kier alpha value is -1.44. The number of hydrogen-bond donors (Lipinski definition) is 0. The molecule has 0 spiro atoms. The van der Waals surface area contributed by atoms with E-state index >= 15 is 0 Å². The number of Topliss-reactive ketones (excluding diaryl/α,β-unsaturated/α-hetero) is 1. The standard InChI is InChI=1S/C19H22O2/c1-2-19-10-9-15-14-6-4-13(20)11-12(14)3-5-16(15)17(19)7-8-18(19)21/h9-11,16-17H,2-8H2,1H3/t16-,17+,19+/m1/s1. The quantitative estimate of drug-likeness (QED) is 0.730. The molecule has 0 radical (unpaired) electrons. The van der Waals surface area contributed by atoms with Gasteiger partial charge in [0.25, 0.3) is 0 Å². The van der Waals surface area contributed by atoms with Crippen LogP contribution in [-0.4, -0.2) is 11.6 Å². The van der Waals surface area contributed by atoms with Crippen molar-refractivity contribution in [2.24, 2.45) is 17.3 Å². The highest BCUT2D eigenvalue weighted by atomic mass is 16.1. The fraction of sp³-hybridized carbons (Fsp3) is 0.579. The van der Waals surface area contributed by atoms with Crippen molar-refractivity contribution in [3.05, 3.63) is 34.9 Å². The molecule has 0 saturated heterocycles. The molecule has 4 aliphatic carbocycles. The van der Waals surface area contributed by atoms with E-state index in [1.807, 2.05) is 6.08 Å². The summed E-state index contributed by atoms with van der Waals surface area (Å²) in [6.07, 6.45) is 12.8. The smallest absolute Gasteiger partial charge is 0.156 e. The first-order valence-corrected chi connectivity index (χ1v) is 8.35. The monoisotopic (exact) mass is 282 g/mol. The number of carbonyl (C=O) groups is 2. The molecular weight excluding hydrogens is 260 g/mol. The highest BCUT2D eigenvalue weighted by Gasteiger charge is 2.52. The van der Waals surface area contributed by atoms with Crippen LogP contribution in [0.3, 0.4) is 0 Å². The number of carbonyl (C=O) groups excluding carboxylic acids is 2. The molecule has 0 heterocycles. The number of fused-ring (bicyclic) bond motifs is 4. The van der Waals surface area contributed by atoms with E-state index in [1.165, 1.54) is 16.7 Å². The number of hydrogen-bond acceptors (Lipinski definition) is 2. The van der Waals surface area contributed by atoms with Gasteiger partial charge in [0.2, 0.25) is 0 Å². The topological polar surface area (TPSA) is 34.1 Å². The van der Waals surface area contributed by atoms with Crippen LogP contribution < -0.4 is 0 Å². The molecule has 0 aliphatic heterocycles. The highest BCUT2D eigenvalue weighted by Crippen LogP contribution is 2.57. The van der Waals surface area contributed by atoms with E-state index in [-0.39, 0.29) is 11.2 Å². The molecule has 0 N–H and O–H groups in total. The third kappa shape index (κ3) is 1.71. The molecular formula is C19H22O2. The van der Waals surface area contributed by atoms with E-state index in [0.29, 0.717) is 24.0 Å². The van der Waals surface area contributed by atoms with Crippen LogP contribution in [0, 0.1) is 17.3 Å². The summed E-state index contributed by atoms with van der Waals surface area (Å²) in [7, 11) is 0. The summed E-state index contributed by atoms with van der Waals surface area (Å²) < 4.78 is 0. The van der Waals surface area contributed by atoms with Crippen LogP contribution in [0.4, 0.5) is 0 Å². The number of rotatable bonds is 1. The van der Waals surface area contributed by atoms with E-state index in [1.54, 1.807) is 0 Å². The van der Waals surface area contributed by atoms with Crippen molar-refractivity contribution in [3.63, 3.8) is 0 Å². The van der Waals surface area contributed by atoms with Gasteiger partial charge in [-0.15, -0.1) is 0 Å². The molecule has 4 rings (SSSR count). The molecule has 2 heteroatoms. The van der Waals surface area contributed by atoms with Crippen molar-refractivity contribution in [1.29, 1.82) is 0 Å². The average molecular weight is 282 g/mol. The molecule has 110 valence electrons. The molecule has 1 fully saturated rings. The fourth-order valence-electron chi connectivity index (χ4n) is 5.22. The molecule has 1 saturated carbocycles. The van der Waals surface area contributed by atoms with Gasteiger partial charge in [-0.1, -0.05) is 19.1 Å². The van der Waals surface area contributed by atoms with Crippen LogP contribution in [-0.2, 0) is 9.59 Å². The highest BCUT2D eigenvalue weighted by molar-refractivity contribution is 5.93. The van der Waals surface area contributed by atoms with Crippen LogP contribution in [0.25, 0.3) is 0 Å². The zero-order valence-corrected chi connectivity index (χ0v) is 12.7. The maximum Gasteiger partial charge on any atom is 0.156 e. The van der Waals surface area contributed by atoms with E-state index in [9.17, 15) is 9.59 Å². The zero-order chi connectivity index (χ0) is 14.6. The van der Waals surface area contributed by atoms with Crippen molar-refractivity contribution in [1.82, 2.24) is 0 Å². The van der Waals surface area contributed by atoms with Gasteiger partial charge in [0.05, 0.1) is 5.41 Å². The first kappa shape index (κ1) is 13.2. The van der Waals surface area contributed by atoms with Gasteiger partial charge in [-0.25, -0.2) is 0 Å². The van der Waals surface area contributed by atoms with E-state index in [0.717, 1.165) is 38.5 Å². The van der Waals surface area contributed by atoms with Crippen molar-refractivity contribution in [2.75, 3.05) is 0 Å². The summed E-state index contributed by atoms with van der Waals surface area (Å²) in [6, 6.07) is 0. The summed E-state index contributed by atoms with van der Waals surface area (Å²) >= 11 is 0. The van der Waals surface area contributed by atoms with Crippen molar-refractivity contribution >= 4 is 11.6 Å². The molecule has 0 unspecified atom stereocenters. The third-order valence-electron chi connectivity index (χ3n) is 6.31. The van der Waals surface area contributed by atoms with Crippen molar-refractivity contribution < 1.29 is 9.59 Å². The fourth-order valence-corrected chi connectivity index (χ4v) is 5.22. The van der Waals surface area contributed by atoms with Crippen LogP contribution in [0.2, 0.25) is 0 Å². The Kier molecular flexibility index (Phi) is 2.85. The van der Waals surface area contributed by atoms with Gasteiger partial charge < -0.3 is 0 Å². The predicted molar refractivity (Wildman–Crippen MR) is 81.7 cm³/mol. The van der Waals surface area contributed by atoms with E-state index < -0.39 is 0 Å². The summed E-state index contributed by atoms with van der Waals surface area (Å²) in [5, 5.41) is 0. The van der Waals surface area contributed by atoms with Crippen molar-refractivity contribution in [3.8, 4) is 0 Å². The van der Waals surface area contributed by atoms with E-state index in [4.69, 9.17) is 0 Å². The van der Waals surface area contributed by atoms with Gasteiger partial charge in [0.1, 0.15) is 5.78 Å². The van der Waals surface area contributed by atoms with Gasteiger partial charge in [0, 0.05) is 12.8 Å².